The number of allylic oxidation sites excluding steroid dienone is 1. The highest BCUT2D eigenvalue weighted by atomic mass is 19.1. The van der Waals surface area contributed by atoms with Crippen LogP contribution in [0.3, 0.4) is 0 Å². The summed E-state index contributed by atoms with van der Waals surface area (Å²) in [5.74, 6) is -1.63. The largest absolute Gasteiger partial charge is 0.392 e. The van der Waals surface area contributed by atoms with Crippen molar-refractivity contribution in [2.24, 2.45) is 5.92 Å². The first kappa shape index (κ1) is 23.7. The number of H-pyrrole nitrogens is 1. The van der Waals surface area contributed by atoms with Gasteiger partial charge in [-0.1, -0.05) is 50.3 Å². The van der Waals surface area contributed by atoms with Crippen LogP contribution < -0.4 is 10.5 Å². The summed E-state index contributed by atoms with van der Waals surface area (Å²) in [5.41, 5.74) is 4.07. The van der Waals surface area contributed by atoms with Gasteiger partial charge in [0.25, 0.3) is 5.56 Å². The number of aromatic amines is 1. The van der Waals surface area contributed by atoms with Crippen molar-refractivity contribution in [3.63, 3.8) is 0 Å². The number of aromatic nitrogens is 2. The standard InChI is InChI=1S/C30H30FN3O3/c1-16-24(29(37)34(32-16)19-12-10-18(31)11-13-19)25-27(35)21(28(25)36)15-23-30(2,3)26-20-8-6-5-7-17(20)9-14-22(26)33(23)4/h5-15,21,25,27-28,32,35-36H,1-4H3. The Morgan fingerprint density at radius 2 is 1.68 bits per heavy atom. The van der Waals surface area contributed by atoms with Crippen molar-refractivity contribution >= 4 is 16.5 Å². The molecule has 2 unspecified atom stereocenters. The molecule has 0 spiro atoms. The van der Waals surface area contributed by atoms with Crippen molar-refractivity contribution in [1.82, 2.24) is 9.78 Å². The van der Waals surface area contributed by atoms with E-state index in [-0.39, 0.29) is 11.0 Å². The number of nitrogens with zero attached hydrogens (tertiary/aromatic N) is 2. The smallest absolute Gasteiger partial charge is 0.275 e. The summed E-state index contributed by atoms with van der Waals surface area (Å²) in [6, 6.07) is 18.2. The fourth-order valence-electron chi connectivity index (χ4n) is 6.38. The van der Waals surface area contributed by atoms with Crippen LogP contribution >= 0.6 is 0 Å². The zero-order valence-corrected chi connectivity index (χ0v) is 21.2. The summed E-state index contributed by atoms with van der Waals surface area (Å²) in [5, 5.41) is 27.8. The lowest BCUT2D eigenvalue weighted by atomic mass is 9.64. The second kappa shape index (κ2) is 8.16. The molecule has 3 N–H and O–H groups in total. The molecular formula is C30H30FN3O3. The van der Waals surface area contributed by atoms with Crippen LogP contribution in [0.4, 0.5) is 10.1 Å². The zero-order valence-electron chi connectivity index (χ0n) is 21.2. The first-order chi connectivity index (χ1) is 17.6. The minimum atomic E-state index is -0.920. The maximum Gasteiger partial charge on any atom is 0.275 e. The quantitative estimate of drug-likeness (QED) is 0.387. The number of halogens is 1. The first-order valence-corrected chi connectivity index (χ1v) is 12.5. The highest BCUT2D eigenvalue weighted by Gasteiger charge is 2.52. The van der Waals surface area contributed by atoms with Crippen LogP contribution in [-0.2, 0) is 5.41 Å². The van der Waals surface area contributed by atoms with Crippen LogP contribution in [-0.4, -0.2) is 39.2 Å². The summed E-state index contributed by atoms with van der Waals surface area (Å²) < 4.78 is 14.7. The fourth-order valence-corrected chi connectivity index (χ4v) is 6.38. The molecule has 2 atom stereocenters. The van der Waals surface area contributed by atoms with Gasteiger partial charge in [0, 0.05) is 46.9 Å². The topological polar surface area (TPSA) is 81.5 Å². The van der Waals surface area contributed by atoms with E-state index >= 15 is 0 Å². The third kappa shape index (κ3) is 3.34. The maximum absolute atomic E-state index is 13.4. The lowest BCUT2D eigenvalue weighted by molar-refractivity contribution is -0.0952. The minimum absolute atomic E-state index is 0.339. The van der Waals surface area contributed by atoms with E-state index in [1.165, 1.54) is 45.3 Å². The van der Waals surface area contributed by atoms with Gasteiger partial charge in [0.1, 0.15) is 5.82 Å². The second-order valence-electron chi connectivity index (χ2n) is 10.8. The van der Waals surface area contributed by atoms with Gasteiger partial charge >= 0.3 is 0 Å². The predicted molar refractivity (Wildman–Crippen MR) is 143 cm³/mol. The van der Waals surface area contributed by atoms with Crippen molar-refractivity contribution in [2.45, 2.75) is 44.3 Å². The number of aliphatic hydroxyl groups excluding tert-OH is 2. The summed E-state index contributed by atoms with van der Waals surface area (Å²) in [4.78, 5) is 15.4. The number of hydrogen-bond acceptors (Lipinski definition) is 4. The Hall–Kier alpha value is -3.68. The summed E-state index contributed by atoms with van der Waals surface area (Å²) in [6.45, 7) is 6.08. The number of nitrogens with one attached hydrogen (secondary N) is 1. The Balaban J connectivity index is 1.34. The van der Waals surface area contributed by atoms with E-state index in [1.807, 2.05) is 25.3 Å². The van der Waals surface area contributed by atoms with E-state index in [4.69, 9.17) is 0 Å². The van der Waals surface area contributed by atoms with E-state index in [0.29, 0.717) is 16.9 Å². The molecule has 0 radical (unpaired) electrons. The number of aryl methyl sites for hydroxylation is 1. The number of fused-ring (bicyclic) bond motifs is 3. The minimum Gasteiger partial charge on any atom is -0.392 e. The molecule has 6 nitrogen and oxygen atoms in total. The van der Waals surface area contributed by atoms with E-state index in [0.717, 1.165) is 11.4 Å². The normalized spacial score (nSPS) is 25.5. The van der Waals surface area contributed by atoms with Gasteiger partial charge in [0.15, 0.2) is 0 Å². The van der Waals surface area contributed by atoms with Crippen LogP contribution in [0.5, 0.6) is 0 Å². The molecule has 1 aliphatic heterocycles. The van der Waals surface area contributed by atoms with Gasteiger partial charge in [-0.05, 0) is 53.6 Å². The number of anilines is 1. The monoisotopic (exact) mass is 499 g/mol. The lowest BCUT2D eigenvalue weighted by Gasteiger charge is -2.45. The first-order valence-electron chi connectivity index (χ1n) is 12.5. The third-order valence-corrected chi connectivity index (χ3v) is 8.31. The van der Waals surface area contributed by atoms with Crippen LogP contribution in [0.15, 0.2) is 77.2 Å². The van der Waals surface area contributed by atoms with Gasteiger partial charge in [-0.25, -0.2) is 9.07 Å². The third-order valence-electron chi connectivity index (χ3n) is 8.31. The van der Waals surface area contributed by atoms with E-state index in [2.05, 4.69) is 48.1 Å². The molecule has 4 aromatic rings. The fraction of sp³-hybridized carbons (Fsp3) is 0.300. The van der Waals surface area contributed by atoms with Gasteiger partial charge in [-0.3, -0.25) is 9.89 Å². The Morgan fingerprint density at radius 3 is 2.38 bits per heavy atom. The molecule has 2 aliphatic rings. The molecule has 1 aromatic heterocycles. The van der Waals surface area contributed by atoms with E-state index < -0.39 is 29.9 Å². The Labute approximate surface area is 214 Å². The van der Waals surface area contributed by atoms with Crippen molar-refractivity contribution in [2.75, 3.05) is 11.9 Å². The molecule has 1 fully saturated rings. The number of hydrogen-bond donors (Lipinski definition) is 3. The number of benzene rings is 3. The van der Waals surface area contributed by atoms with Crippen LogP contribution in [0, 0.1) is 18.7 Å². The van der Waals surface area contributed by atoms with Gasteiger partial charge in [0.2, 0.25) is 0 Å². The number of likely N-dealkylation sites (N-methyl/N-ethyl adjacent to an activating group) is 1. The molecule has 0 saturated heterocycles. The molecule has 7 heteroatoms. The highest BCUT2D eigenvalue weighted by molar-refractivity contribution is 5.94. The molecule has 1 saturated carbocycles. The SMILES string of the molecule is Cc1[nH]n(-c2ccc(F)cc2)c(=O)c1C1C(O)C(C=C2N(C)c3ccc4ccccc4c3C2(C)C)C1O. The lowest BCUT2D eigenvalue weighted by Crippen LogP contribution is -2.54. The van der Waals surface area contributed by atoms with Gasteiger partial charge < -0.3 is 15.1 Å². The molecular weight excluding hydrogens is 469 g/mol. The molecule has 6 rings (SSSR count). The van der Waals surface area contributed by atoms with Crippen molar-refractivity contribution in [1.29, 1.82) is 0 Å². The molecule has 3 aromatic carbocycles. The van der Waals surface area contributed by atoms with E-state index in [9.17, 15) is 19.4 Å². The van der Waals surface area contributed by atoms with Gasteiger partial charge in [-0.2, -0.15) is 0 Å². The summed E-state index contributed by atoms with van der Waals surface area (Å²) in [6.07, 6.45) is 0.133. The molecule has 1 aliphatic carbocycles. The molecule has 37 heavy (non-hydrogen) atoms. The van der Waals surface area contributed by atoms with Gasteiger partial charge in [-0.15, -0.1) is 0 Å². The number of rotatable bonds is 3. The molecule has 0 amide bonds. The number of aliphatic hydroxyl groups is 2. The Kier molecular flexibility index (Phi) is 5.23. The zero-order chi connectivity index (χ0) is 26.2. The summed E-state index contributed by atoms with van der Waals surface area (Å²) in [7, 11) is 2.01. The van der Waals surface area contributed by atoms with Crippen LogP contribution in [0.25, 0.3) is 16.5 Å². The average Bonchev–Trinajstić information content (AvgIpc) is 3.27. The van der Waals surface area contributed by atoms with Crippen molar-refractivity contribution in [3.8, 4) is 5.69 Å². The van der Waals surface area contributed by atoms with Crippen LogP contribution in [0.2, 0.25) is 0 Å². The highest BCUT2D eigenvalue weighted by Crippen LogP contribution is 2.52. The van der Waals surface area contributed by atoms with Crippen LogP contribution in [0.1, 0.15) is 36.6 Å². The summed E-state index contributed by atoms with van der Waals surface area (Å²) >= 11 is 0. The molecule has 190 valence electrons. The van der Waals surface area contributed by atoms with Crippen molar-refractivity contribution < 1.29 is 14.6 Å². The van der Waals surface area contributed by atoms with Crippen molar-refractivity contribution in [3.05, 3.63) is 105 Å². The Bertz CT molecular complexity index is 1610. The average molecular weight is 500 g/mol. The molecule has 2 heterocycles. The molecule has 0 bridgehead atoms. The van der Waals surface area contributed by atoms with Gasteiger partial charge in [0.05, 0.1) is 17.9 Å². The van der Waals surface area contributed by atoms with E-state index in [1.54, 1.807) is 6.92 Å². The maximum atomic E-state index is 13.4. The second-order valence-corrected chi connectivity index (χ2v) is 10.8. The predicted octanol–water partition coefficient (Wildman–Crippen LogP) is 4.51. The Morgan fingerprint density at radius 1 is 1.00 bits per heavy atom.